The Balaban J connectivity index is 1.65. The van der Waals surface area contributed by atoms with Crippen molar-refractivity contribution in [2.24, 2.45) is 5.92 Å². The number of benzene rings is 1. The van der Waals surface area contributed by atoms with E-state index < -0.39 is 0 Å². The summed E-state index contributed by atoms with van der Waals surface area (Å²) in [4.78, 5) is 20.3. The predicted molar refractivity (Wildman–Crippen MR) is 89.9 cm³/mol. The summed E-state index contributed by atoms with van der Waals surface area (Å²) >= 11 is 0. The molecule has 1 aliphatic heterocycles. The van der Waals surface area contributed by atoms with E-state index in [-0.39, 0.29) is 5.91 Å². The van der Waals surface area contributed by atoms with Gasteiger partial charge in [0.15, 0.2) is 11.5 Å². The summed E-state index contributed by atoms with van der Waals surface area (Å²) in [5.41, 5.74) is 1.22. The van der Waals surface area contributed by atoms with Crippen LogP contribution < -0.4 is 20.1 Å². The molecule has 0 radical (unpaired) electrons. The lowest BCUT2D eigenvalue weighted by Crippen LogP contribution is -2.27. The smallest absolute Gasteiger partial charge is 0.254 e. The average molecular weight is 328 g/mol. The lowest BCUT2D eigenvalue weighted by atomic mass is 10.2. The first-order valence-electron chi connectivity index (χ1n) is 7.89. The summed E-state index contributed by atoms with van der Waals surface area (Å²) in [6.45, 7) is 5.79. The Hall–Kier alpha value is -2.83. The highest BCUT2D eigenvalue weighted by molar-refractivity contribution is 5.93. The van der Waals surface area contributed by atoms with Crippen LogP contribution in [0.15, 0.2) is 30.6 Å². The maximum Gasteiger partial charge on any atom is 0.254 e. The van der Waals surface area contributed by atoms with Crippen LogP contribution in [0, 0.1) is 5.92 Å². The van der Waals surface area contributed by atoms with Gasteiger partial charge in [-0.2, -0.15) is 0 Å². The molecule has 1 aliphatic rings. The molecule has 1 amide bonds. The number of hydrogen-bond donors (Lipinski definition) is 2. The fourth-order valence-corrected chi connectivity index (χ4v) is 2.16. The van der Waals surface area contributed by atoms with Gasteiger partial charge in [0.2, 0.25) is 5.95 Å². The summed E-state index contributed by atoms with van der Waals surface area (Å²) < 4.78 is 11.0. The fraction of sp³-hybridized carbons (Fsp3) is 0.353. The zero-order valence-electron chi connectivity index (χ0n) is 13.7. The molecule has 2 N–H and O–H groups in total. The minimum absolute atomic E-state index is 0.172. The first-order valence-corrected chi connectivity index (χ1v) is 7.89. The van der Waals surface area contributed by atoms with Crippen LogP contribution >= 0.6 is 0 Å². The Bertz CT molecular complexity index is 716. The van der Waals surface area contributed by atoms with Gasteiger partial charge >= 0.3 is 0 Å². The highest BCUT2D eigenvalue weighted by Crippen LogP contribution is 2.33. The van der Waals surface area contributed by atoms with E-state index in [2.05, 4.69) is 20.6 Å². The third-order valence-electron chi connectivity index (χ3n) is 3.38. The minimum atomic E-state index is -0.172. The van der Waals surface area contributed by atoms with Crippen molar-refractivity contribution >= 4 is 17.5 Å². The van der Waals surface area contributed by atoms with Gasteiger partial charge in [-0.05, 0) is 18.1 Å². The Labute approximate surface area is 140 Å². The lowest BCUT2D eigenvalue weighted by molar-refractivity contribution is 0.0948. The van der Waals surface area contributed by atoms with Crippen molar-refractivity contribution in [2.75, 3.05) is 25.1 Å². The number of anilines is 2. The molecule has 1 aromatic heterocycles. The molecule has 0 aliphatic carbocycles. The molecule has 24 heavy (non-hydrogen) atoms. The first-order chi connectivity index (χ1) is 11.6. The maximum atomic E-state index is 11.9. The standard InChI is InChI=1S/C17H20N4O3/c1-11(2)8-18-16(22)12-9-19-17(20-10-12)21-13-3-4-14-15(7-13)24-6-5-23-14/h3-4,7,9-11H,5-6,8H2,1-2H3,(H,18,22)(H,19,20,21). The number of rotatable bonds is 5. The molecule has 0 unspecified atom stereocenters. The van der Waals surface area contributed by atoms with E-state index in [1.165, 1.54) is 12.4 Å². The SMILES string of the molecule is CC(C)CNC(=O)c1cnc(Nc2ccc3c(c2)OCCO3)nc1. The van der Waals surface area contributed by atoms with Crippen molar-refractivity contribution in [1.29, 1.82) is 0 Å². The number of nitrogens with zero attached hydrogens (tertiary/aromatic N) is 2. The third kappa shape index (κ3) is 3.92. The van der Waals surface area contributed by atoms with Gasteiger partial charge in [-0.25, -0.2) is 9.97 Å². The van der Waals surface area contributed by atoms with Crippen molar-refractivity contribution in [3.8, 4) is 11.5 Å². The Morgan fingerprint density at radius 3 is 2.58 bits per heavy atom. The third-order valence-corrected chi connectivity index (χ3v) is 3.38. The van der Waals surface area contributed by atoms with Gasteiger partial charge in [0.05, 0.1) is 5.56 Å². The number of fused-ring (bicyclic) bond motifs is 1. The monoisotopic (exact) mass is 328 g/mol. The van der Waals surface area contributed by atoms with Crippen LogP contribution in [0.4, 0.5) is 11.6 Å². The Kier molecular flexibility index (Phi) is 4.79. The molecule has 7 nitrogen and oxygen atoms in total. The van der Waals surface area contributed by atoms with Crippen molar-refractivity contribution in [3.05, 3.63) is 36.2 Å². The number of hydrogen-bond acceptors (Lipinski definition) is 6. The van der Waals surface area contributed by atoms with Crippen LogP contribution in [0.25, 0.3) is 0 Å². The molecule has 0 bridgehead atoms. The van der Waals surface area contributed by atoms with E-state index in [0.717, 1.165) is 11.4 Å². The molecule has 0 atom stereocenters. The van der Waals surface area contributed by atoms with Gasteiger partial charge in [0.25, 0.3) is 5.91 Å². The summed E-state index contributed by atoms with van der Waals surface area (Å²) in [6.07, 6.45) is 3.01. The zero-order valence-corrected chi connectivity index (χ0v) is 13.7. The number of carbonyl (C=O) groups excluding carboxylic acids is 1. The van der Waals surface area contributed by atoms with Crippen LogP contribution in [0.1, 0.15) is 24.2 Å². The van der Waals surface area contributed by atoms with Crippen LogP contribution in [0.5, 0.6) is 11.5 Å². The molecule has 0 fully saturated rings. The summed E-state index contributed by atoms with van der Waals surface area (Å²) in [5, 5.41) is 5.91. The fourth-order valence-electron chi connectivity index (χ4n) is 2.16. The Morgan fingerprint density at radius 1 is 1.17 bits per heavy atom. The van der Waals surface area contributed by atoms with Gasteiger partial charge < -0.3 is 20.1 Å². The largest absolute Gasteiger partial charge is 0.486 e. The lowest BCUT2D eigenvalue weighted by Gasteiger charge is -2.19. The minimum Gasteiger partial charge on any atom is -0.486 e. The van der Waals surface area contributed by atoms with Gasteiger partial charge in [-0.15, -0.1) is 0 Å². The second kappa shape index (κ2) is 7.16. The molecule has 2 heterocycles. The predicted octanol–water partition coefficient (Wildman–Crippen LogP) is 2.38. The van der Waals surface area contributed by atoms with E-state index in [1.54, 1.807) is 0 Å². The summed E-state index contributed by atoms with van der Waals surface area (Å²) in [6, 6.07) is 5.53. The van der Waals surface area contributed by atoms with E-state index >= 15 is 0 Å². The van der Waals surface area contributed by atoms with Crippen molar-refractivity contribution < 1.29 is 14.3 Å². The van der Waals surface area contributed by atoms with Gasteiger partial charge in [0.1, 0.15) is 13.2 Å². The quantitative estimate of drug-likeness (QED) is 0.876. The van der Waals surface area contributed by atoms with Crippen molar-refractivity contribution in [3.63, 3.8) is 0 Å². The van der Waals surface area contributed by atoms with Crippen LogP contribution in [-0.4, -0.2) is 35.6 Å². The molecular formula is C17H20N4O3. The van der Waals surface area contributed by atoms with Gasteiger partial charge in [0, 0.05) is 30.7 Å². The number of carbonyl (C=O) groups is 1. The normalized spacial score (nSPS) is 12.8. The molecule has 0 saturated heterocycles. The summed E-state index contributed by atoms with van der Waals surface area (Å²) in [5.74, 6) is 2.05. The van der Waals surface area contributed by atoms with Crippen molar-refractivity contribution in [1.82, 2.24) is 15.3 Å². The van der Waals surface area contributed by atoms with Gasteiger partial charge in [-0.1, -0.05) is 13.8 Å². The van der Waals surface area contributed by atoms with Crippen molar-refractivity contribution in [2.45, 2.75) is 13.8 Å². The van der Waals surface area contributed by atoms with Crippen LogP contribution in [0.2, 0.25) is 0 Å². The summed E-state index contributed by atoms with van der Waals surface area (Å²) in [7, 11) is 0. The topological polar surface area (TPSA) is 85.4 Å². The molecule has 0 saturated carbocycles. The van der Waals surface area contributed by atoms with Gasteiger partial charge in [-0.3, -0.25) is 4.79 Å². The second-order valence-corrected chi connectivity index (χ2v) is 5.88. The van der Waals surface area contributed by atoms with E-state index in [9.17, 15) is 4.79 Å². The van der Waals surface area contributed by atoms with Crippen LogP contribution in [0.3, 0.4) is 0 Å². The molecule has 0 spiro atoms. The molecular weight excluding hydrogens is 308 g/mol. The van der Waals surface area contributed by atoms with E-state index in [1.807, 2.05) is 32.0 Å². The second-order valence-electron chi connectivity index (χ2n) is 5.88. The highest BCUT2D eigenvalue weighted by Gasteiger charge is 2.12. The van der Waals surface area contributed by atoms with Crippen LogP contribution in [-0.2, 0) is 0 Å². The number of ether oxygens (including phenoxy) is 2. The molecule has 2 aromatic rings. The van der Waals surface area contributed by atoms with E-state index in [4.69, 9.17) is 9.47 Å². The number of aromatic nitrogens is 2. The molecule has 7 heteroatoms. The zero-order chi connectivity index (χ0) is 16.9. The molecule has 126 valence electrons. The Morgan fingerprint density at radius 2 is 1.88 bits per heavy atom. The maximum absolute atomic E-state index is 11.9. The highest BCUT2D eigenvalue weighted by atomic mass is 16.6. The molecule has 1 aromatic carbocycles. The number of nitrogens with one attached hydrogen (secondary N) is 2. The first kappa shape index (κ1) is 16.0. The molecule has 3 rings (SSSR count). The number of amides is 1. The van der Waals surface area contributed by atoms with E-state index in [0.29, 0.717) is 42.9 Å². The average Bonchev–Trinajstić information content (AvgIpc) is 2.60.